The molecular weight excluding hydrogens is 393 g/mol. The molecule has 1 aliphatic heterocycles. The second-order valence-corrected chi connectivity index (χ2v) is 8.21. The number of carbonyl (C=O) groups excluding carboxylic acids is 1. The number of urea groups is 1. The molecule has 6 nitrogen and oxygen atoms in total. The maximum absolute atomic E-state index is 13.4. The molecule has 0 spiro atoms. The number of amides is 2. The molecule has 0 fully saturated rings. The van der Waals surface area contributed by atoms with Crippen LogP contribution >= 0.6 is 0 Å². The minimum absolute atomic E-state index is 0.0117. The quantitative estimate of drug-likeness (QED) is 0.643. The molecular formula is C21H16FN3O3S. The van der Waals surface area contributed by atoms with Gasteiger partial charge in [0.2, 0.25) is 0 Å². The van der Waals surface area contributed by atoms with Crippen LogP contribution in [0.1, 0.15) is 11.1 Å². The van der Waals surface area contributed by atoms with Crippen LogP contribution in [-0.2, 0) is 16.6 Å². The monoisotopic (exact) mass is 409 g/mol. The van der Waals surface area contributed by atoms with Gasteiger partial charge in [0.05, 0.1) is 12.2 Å². The van der Waals surface area contributed by atoms with Crippen LogP contribution in [-0.4, -0.2) is 23.7 Å². The highest BCUT2D eigenvalue weighted by Gasteiger charge is 2.43. The Morgan fingerprint density at radius 2 is 1.72 bits per heavy atom. The summed E-state index contributed by atoms with van der Waals surface area (Å²) in [6.07, 6.45) is 3.08. The molecule has 146 valence electrons. The number of carbonyl (C=O) groups is 1. The Kier molecular flexibility index (Phi) is 4.63. The van der Waals surface area contributed by atoms with E-state index in [0.717, 1.165) is 9.87 Å². The van der Waals surface area contributed by atoms with Crippen molar-refractivity contribution in [3.63, 3.8) is 0 Å². The van der Waals surface area contributed by atoms with Crippen LogP contribution in [0.15, 0.2) is 78.3 Å². The van der Waals surface area contributed by atoms with Crippen molar-refractivity contribution in [2.75, 3.05) is 4.90 Å². The Morgan fingerprint density at radius 3 is 2.38 bits per heavy atom. The largest absolute Gasteiger partial charge is 0.344 e. The number of pyridine rings is 1. The van der Waals surface area contributed by atoms with E-state index in [0.29, 0.717) is 11.3 Å². The zero-order valence-corrected chi connectivity index (χ0v) is 16.0. The Hall–Kier alpha value is -3.52. The first kappa shape index (κ1) is 18.8. The topological polar surface area (TPSA) is 70.6 Å². The summed E-state index contributed by atoms with van der Waals surface area (Å²) >= 11 is 0. The number of rotatable bonds is 4. The van der Waals surface area contributed by atoms with E-state index < -0.39 is 21.9 Å². The van der Waals surface area contributed by atoms with E-state index in [9.17, 15) is 17.6 Å². The van der Waals surface area contributed by atoms with Crippen molar-refractivity contribution in [1.29, 1.82) is 0 Å². The molecule has 1 aliphatic rings. The van der Waals surface area contributed by atoms with Gasteiger partial charge in [-0.1, -0.05) is 36.9 Å². The standard InChI is InChI=1S/C21H16FN3O3S/c1-2-15-5-7-16(8-6-15)14-24-21(26)25(18-11-9-17(22)10-12-18)20-19(29(24,27)28)4-3-13-23-20/h2-13H,1,14H2. The van der Waals surface area contributed by atoms with Gasteiger partial charge in [0.1, 0.15) is 10.7 Å². The molecule has 3 aromatic rings. The van der Waals surface area contributed by atoms with Gasteiger partial charge >= 0.3 is 6.03 Å². The summed E-state index contributed by atoms with van der Waals surface area (Å²) in [6.45, 7) is 3.54. The van der Waals surface area contributed by atoms with Gasteiger partial charge in [-0.15, -0.1) is 0 Å². The zero-order chi connectivity index (χ0) is 20.6. The number of hydrogen-bond acceptors (Lipinski definition) is 4. The van der Waals surface area contributed by atoms with Crippen molar-refractivity contribution in [3.8, 4) is 0 Å². The predicted molar refractivity (Wildman–Crippen MR) is 107 cm³/mol. The fraction of sp³-hybridized carbons (Fsp3) is 0.0476. The van der Waals surface area contributed by atoms with Crippen molar-refractivity contribution in [2.45, 2.75) is 11.4 Å². The van der Waals surface area contributed by atoms with E-state index >= 15 is 0 Å². The average molecular weight is 409 g/mol. The Balaban J connectivity index is 1.82. The van der Waals surface area contributed by atoms with Gasteiger partial charge in [0.15, 0.2) is 5.82 Å². The normalized spacial score (nSPS) is 15.1. The van der Waals surface area contributed by atoms with E-state index in [1.807, 2.05) is 0 Å². The van der Waals surface area contributed by atoms with Gasteiger partial charge in [-0.2, -0.15) is 0 Å². The number of anilines is 2. The van der Waals surface area contributed by atoms with Crippen LogP contribution in [0.2, 0.25) is 0 Å². The minimum atomic E-state index is -4.11. The fourth-order valence-corrected chi connectivity index (χ4v) is 4.54. The van der Waals surface area contributed by atoms with Crippen molar-refractivity contribution in [1.82, 2.24) is 9.29 Å². The Bertz CT molecular complexity index is 1190. The first-order valence-corrected chi connectivity index (χ1v) is 10.1. The molecule has 8 heteroatoms. The SMILES string of the molecule is C=Cc1ccc(CN2C(=O)N(c3ccc(F)cc3)c3ncccc3S2(=O)=O)cc1. The summed E-state index contributed by atoms with van der Waals surface area (Å²) in [6, 6.07) is 14.4. The molecule has 0 saturated heterocycles. The molecule has 4 rings (SSSR count). The molecule has 0 saturated carbocycles. The number of fused-ring (bicyclic) bond motifs is 1. The van der Waals surface area contributed by atoms with Crippen LogP contribution in [0.5, 0.6) is 0 Å². The number of nitrogens with zero attached hydrogens (tertiary/aromatic N) is 3. The van der Waals surface area contributed by atoms with Gasteiger partial charge in [0, 0.05) is 6.20 Å². The second-order valence-electron chi connectivity index (χ2n) is 6.38. The molecule has 29 heavy (non-hydrogen) atoms. The molecule has 2 amide bonds. The summed E-state index contributed by atoms with van der Waals surface area (Å²) < 4.78 is 40.4. The summed E-state index contributed by atoms with van der Waals surface area (Å²) in [4.78, 5) is 18.4. The summed E-state index contributed by atoms with van der Waals surface area (Å²) in [5, 5.41) is 0. The van der Waals surface area contributed by atoms with Gasteiger partial charge in [0.25, 0.3) is 10.0 Å². The fourth-order valence-electron chi connectivity index (χ4n) is 3.08. The van der Waals surface area contributed by atoms with Gasteiger partial charge in [-0.05, 0) is 47.5 Å². The van der Waals surface area contributed by atoms with E-state index in [1.54, 1.807) is 30.3 Å². The Labute approximate surface area is 167 Å². The first-order chi connectivity index (χ1) is 13.9. The minimum Gasteiger partial charge on any atom is -0.246 e. The highest BCUT2D eigenvalue weighted by atomic mass is 32.2. The third-order valence-electron chi connectivity index (χ3n) is 4.56. The van der Waals surface area contributed by atoms with Gasteiger partial charge in [-0.25, -0.2) is 31.8 Å². The number of sulfonamides is 1. The molecule has 0 aliphatic carbocycles. The maximum Gasteiger partial charge on any atom is 0.344 e. The van der Waals surface area contributed by atoms with E-state index in [2.05, 4.69) is 11.6 Å². The summed E-state index contributed by atoms with van der Waals surface area (Å²) in [5.41, 5.74) is 1.83. The molecule has 0 bridgehead atoms. The number of aromatic nitrogens is 1. The lowest BCUT2D eigenvalue weighted by Crippen LogP contribution is -2.48. The van der Waals surface area contributed by atoms with Crippen LogP contribution in [0.25, 0.3) is 6.08 Å². The maximum atomic E-state index is 13.4. The molecule has 2 heterocycles. The van der Waals surface area contributed by atoms with Crippen LogP contribution < -0.4 is 4.90 Å². The van der Waals surface area contributed by atoms with Crippen LogP contribution in [0.4, 0.5) is 20.7 Å². The van der Waals surface area contributed by atoms with Crippen LogP contribution in [0, 0.1) is 5.82 Å². The van der Waals surface area contributed by atoms with E-state index in [4.69, 9.17) is 0 Å². The molecule has 2 aromatic carbocycles. The lowest BCUT2D eigenvalue weighted by atomic mass is 10.1. The van der Waals surface area contributed by atoms with Crippen LogP contribution in [0.3, 0.4) is 0 Å². The highest BCUT2D eigenvalue weighted by Crippen LogP contribution is 2.38. The molecule has 0 unspecified atom stereocenters. The van der Waals surface area contributed by atoms with Crippen molar-refractivity contribution in [3.05, 3.63) is 90.4 Å². The predicted octanol–water partition coefficient (Wildman–Crippen LogP) is 4.33. The molecule has 0 atom stereocenters. The number of benzene rings is 2. The van der Waals surface area contributed by atoms with Gasteiger partial charge < -0.3 is 0 Å². The van der Waals surface area contributed by atoms with E-state index in [-0.39, 0.29) is 17.3 Å². The highest BCUT2D eigenvalue weighted by molar-refractivity contribution is 7.90. The molecule has 1 aromatic heterocycles. The second kappa shape index (κ2) is 7.14. The van der Waals surface area contributed by atoms with E-state index in [1.165, 1.54) is 47.5 Å². The van der Waals surface area contributed by atoms with Crippen molar-refractivity contribution in [2.24, 2.45) is 0 Å². The summed E-state index contributed by atoms with van der Waals surface area (Å²) in [7, 11) is -4.11. The Morgan fingerprint density at radius 1 is 1.03 bits per heavy atom. The number of halogens is 1. The number of hydrogen-bond donors (Lipinski definition) is 0. The molecule has 0 radical (unpaired) electrons. The molecule has 0 N–H and O–H groups in total. The third kappa shape index (κ3) is 3.27. The van der Waals surface area contributed by atoms with Crippen molar-refractivity contribution < 1.29 is 17.6 Å². The smallest absolute Gasteiger partial charge is 0.246 e. The zero-order valence-electron chi connectivity index (χ0n) is 15.2. The van der Waals surface area contributed by atoms with Crippen molar-refractivity contribution >= 4 is 33.6 Å². The average Bonchev–Trinajstić information content (AvgIpc) is 2.73. The summed E-state index contributed by atoms with van der Waals surface area (Å²) in [5.74, 6) is -0.478. The lowest BCUT2D eigenvalue weighted by molar-refractivity contribution is 0.229. The lowest BCUT2D eigenvalue weighted by Gasteiger charge is -2.35. The first-order valence-electron chi connectivity index (χ1n) is 8.70. The third-order valence-corrected chi connectivity index (χ3v) is 6.30. The van der Waals surface area contributed by atoms with Gasteiger partial charge in [-0.3, -0.25) is 0 Å².